The second kappa shape index (κ2) is 5.89. The van der Waals surface area contributed by atoms with Crippen LogP contribution in [0.4, 0.5) is 8.78 Å². The third-order valence-corrected chi connectivity index (χ3v) is 3.16. The molecule has 3 nitrogen and oxygen atoms in total. The number of alkyl halides is 2. The second-order valence-electron chi connectivity index (χ2n) is 4.30. The predicted octanol–water partition coefficient (Wildman–Crippen LogP) is 1.77. The van der Waals surface area contributed by atoms with Crippen molar-refractivity contribution in [2.24, 2.45) is 0 Å². The maximum Gasteiger partial charge on any atom is 0.258 e. The molecule has 18 heavy (non-hydrogen) atoms. The molecule has 1 saturated heterocycles. The van der Waals surface area contributed by atoms with E-state index >= 15 is 0 Å². The average molecular weight is 251 g/mol. The van der Waals surface area contributed by atoms with Crippen LogP contribution < -0.4 is 5.32 Å². The lowest BCUT2D eigenvalue weighted by Crippen LogP contribution is -2.46. The van der Waals surface area contributed by atoms with E-state index in [0.29, 0.717) is 24.2 Å². The normalized spacial score (nSPS) is 18.6. The second-order valence-corrected chi connectivity index (χ2v) is 4.30. The quantitative estimate of drug-likeness (QED) is 0.890. The summed E-state index contributed by atoms with van der Waals surface area (Å²) in [4.78, 5) is 1.79. The van der Waals surface area contributed by atoms with Gasteiger partial charge in [-0.3, -0.25) is 4.90 Å². The largest absolute Gasteiger partial charge is 0.314 e. The molecule has 5 heteroatoms. The van der Waals surface area contributed by atoms with E-state index in [-0.39, 0.29) is 0 Å². The van der Waals surface area contributed by atoms with Crippen molar-refractivity contribution < 1.29 is 8.78 Å². The van der Waals surface area contributed by atoms with Crippen LogP contribution in [0.5, 0.6) is 0 Å². The molecule has 1 aliphatic heterocycles. The molecule has 0 amide bonds. The van der Waals surface area contributed by atoms with E-state index in [0.717, 1.165) is 13.1 Å². The number of nitrogens with zero attached hydrogens (tertiary/aromatic N) is 2. The highest BCUT2D eigenvalue weighted by Crippen LogP contribution is 2.27. The fourth-order valence-corrected chi connectivity index (χ4v) is 2.23. The Kier molecular flexibility index (Phi) is 4.24. The van der Waals surface area contributed by atoms with E-state index in [9.17, 15) is 8.78 Å². The molecule has 0 aliphatic carbocycles. The van der Waals surface area contributed by atoms with E-state index in [1.807, 2.05) is 6.07 Å². The van der Waals surface area contributed by atoms with Gasteiger partial charge in [0.25, 0.3) is 6.43 Å². The Bertz CT molecular complexity index is 419. The van der Waals surface area contributed by atoms with E-state index < -0.39 is 12.5 Å². The minimum absolute atomic E-state index is 0.493. The number of rotatable bonds is 3. The summed E-state index contributed by atoms with van der Waals surface area (Å²) in [5.74, 6) is 0. The Morgan fingerprint density at radius 1 is 1.17 bits per heavy atom. The fourth-order valence-electron chi connectivity index (χ4n) is 2.23. The van der Waals surface area contributed by atoms with Gasteiger partial charge in [-0.25, -0.2) is 8.78 Å². The van der Waals surface area contributed by atoms with Crippen LogP contribution in [0.15, 0.2) is 24.3 Å². The van der Waals surface area contributed by atoms with Gasteiger partial charge in [0.15, 0.2) is 0 Å². The molecule has 0 aromatic heterocycles. The number of piperazine rings is 1. The fraction of sp³-hybridized carbons (Fsp3) is 0.462. The SMILES string of the molecule is N#Cc1ccc([C@@H](C(F)F)N2CCNCC2)cc1. The first-order valence-electron chi connectivity index (χ1n) is 5.95. The first-order valence-corrected chi connectivity index (χ1v) is 5.95. The minimum atomic E-state index is -2.42. The number of halogens is 2. The molecule has 1 heterocycles. The zero-order valence-corrected chi connectivity index (χ0v) is 9.94. The maximum atomic E-state index is 13.2. The number of nitrogens with one attached hydrogen (secondary N) is 1. The molecule has 1 atom stereocenters. The summed E-state index contributed by atoms with van der Waals surface area (Å²) in [5.41, 5.74) is 1.07. The predicted molar refractivity (Wildman–Crippen MR) is 64.3 cm³/mol. The van der Waals surface area contributed by atoms with Crippen molar-refractivity contribution >= 4 is 0 Å². The highest BCUT2D eigenvalue weighted by molar-refractivity contribution is 5.33. The van der Waals surface area contributed by atoms with Gasteiger partial charge in [0.05, 0.1) is 17.7 Å². The Morgan fingerprint density at radius 2 is 1.78 bits per heavy atom. The van der Waals surface area contributed by atoms with Gasteiger partial charge in [0.2, 0.25) is 0 Å². The van der Waals surface area contributed by atoms with Crippen LogP contribution in [0.1, 0.15) is 17.2 Å². The van der Waals surface area contributed by atoms with Gasteiger partial charge in [-0.05, 0) is 17.7 Å². The van der Waals surface area contributed by atoms with Gasteiger partial charge in [0, 0.05) is 26.2 Å². The van der Waals surface area contributed by atoms with E-state index in [2.05, 4.69) is 5.32 Å². The lowest BCUT2D eigenvalue weighted by molar-refractivity contribution is 0.0182. The summed E-state index contributed by atoms with van der Waals surface area (Å²) < 4.78 is 26.4. The first-order chi connectivity index (χ1) is 8.72. The Morgan fingerprint density at radius 3 is 2.28 bits per heavy atom. The molecule has 0 radical (unpaired) electrons. The molecule has 1 aromatic rings. The van der Waals surface area contributed by atoms with Crippen molar-refractivity contribution in [3.8, 4) is 6.07 Å². The first kappa shape index (κ1) is 12.9. The molecule has 0 saturated carbocycles. The zero-order valence-electron chi connectivity index (χ0n) is 9.94. The van der Waals surface area contributed by atoms with Gasteiger partial charge < -0.3 is 5.32 Å². The molecule has 1 aromatic carbocycles. The minimum Gasteiger partial charge on any atom is -0.314 e. The van der Waals surface area contributed by atoms with Crippen LogP contribution in [0, 0.1) is 11.3 Å². The van der Waals surface area contributed by atoms with Gasteiger partial charge in [-0.2, -0.15) is 5.26 Å². The summed E-state index contributed by atoms with van der Waals surface area (Å²) in [6.45, 7) is 2.71. The molecule has 0 unspecified atom stereocenters. The summed E-state index contributed by atoms with van der Waals surface area (Å²) in [6.07, 6.45) is -2.42. The van der Waals surface area contributed by atoms with Crippen LogP contribution in [-0.2, 0) is 0 Å². The molecular formula is C13H15F2N3. The summed E-state index contributed by atoms with van der Waals surface area (Å²) >= 11 is 0. The molecule has 1 N–H and O–H groups in total. The smallest absolute Gasteiger partial charge is 0.258 e. The van der Waals surface area contributed by atoms with Crippen LogP contribution in [0.3, 0.4) is 0 Å². The van der Waals surface area contributed by atoms with E-state index in [4.69, 9.17) is 5.26 Å². The molecule has 96 valence electrons. The van der Waals surface area contributed by atoms with Crippen molar-refractivity contribution in [1.82, 2.24) is 10.2 Å². The third kappa shape index (κ3) is 2.84. The van der Waals surface area contributed by atoms with Crippen molar-refractivity contribution in [1.29, 1.82) is 5.26 Å². The maximum absolute atomic E-state index is 13.2. The van der Waals surface area contributed by atoms with Crippen LogP contribution >= 0.6 is 0 Å². The number of hydrogen-bond acceptors (Lipinski definition) is 3. The van der Waals surface area contributed by atoms with Gasteiger partial charge in [-0.15, -0.1) is 0 Å². The molecular weight excluding hydrogens is 236 g/mol. The molecule has 0 bridgehead atoms. The number of benzene rings is 1. The Labute approximate surface area is 105 Å². The average Bonchev–Trinajstić information content (AvgIpc) is 2.40. The molecule has 1 fully saturated rings. The van der Waals surface area contributed by atoms with Crippen LogP contribution in [-0.4, -0.2) is 37.5 Å². The van der Waals surface area contributed by atoms with Crippen molar-refractivity contribution in [3.05, 3.63) is 35.4 Å². The topological polar surface area (TPSA) is 39.1 Å². The summed E-state index contributed by atoms with van der Waals surface area (Å²) in [7, 11) is 0. The standard InChI is InChI=1S/C13H15F2N3/c14-13(15)12(18-7-5-17-6-8-18)11-3-1-10(9-16)2-4-11/h1-4,12-13,17H,5-8H2/t12-/m0/s1. The van der Waals surface area contributed by atoms with Gasteiger partial charge >= 0.3 is 0 Å². The lowest BCUT2D eigenvalue weighted by atomic mass is 10.0. The highest BCUT2D eigenvalue weighted by Gasteiger charge is 2.29. The monoisotopic (exact) mass is 251 g/mol. The Balaban J connectivity index is 2.20. The van der Waals surface area contributed by atoms with Crippen molar-refractivity contribution in [2.75, 3.05) is 26.2 Å². The van der Waals surface area contributed by atoms with E-state index in [1.54, 1.807) is 29.2 Å². The highest BCUT2D eigenvalue weighted by atomic mass is 19.3. The zero-order chi connectivity index (χ0) is 13.0. The Hall–Kier alpha value is -1.51. The van der Waals surface area contributed by atoms with Crippen molar-refractivity contribution in [3.63, 3.8) is 0 Å². The third-order valence-electron chi connectivity index (χ3n) is 3.16. The van der Waals surface area contributed by atoms with Gasteiger partial charge in [0.1, 0.15) is 0 Å². The van der Waals surface area contributed by atoms with Crippen LogP contribution in [0.2, 0.25) is 0 Å². The summed E-state index contributed by atoms with van der Waals surface area (Å²) in [5, 5.41) is 11.9. The summed E-state index contributed by atoms with van der Waals surface area (Å²) in [6, 6.07) is 7.54. The number of hydrogen-bond donors (Lipinski definition) is 1. The molecule has 0 spiro atoms. The van der Waals surface area contributed by atoms with E-state index in [1.165, 1.54) is 0 Å². The number of nitriles is 1. The van der Waals surface area contributed by atoms with Gasteiger partial charge in [-0.1, -0.05) is 12.1 Å². The van der Waals surface area contributed by atoms with Crippen LogP contribution in [0.25, 0.3) is 0 Å². The molecule has 1 aliphatic rings. The lowest BCUT2D eigenvalue weighted by Gasteiger charge is -2.34. The molecule has 2 rings (SSSR count). The van der Waals surface area contributed by atoms with Crippen molar-refractivity contribution in [2.45, 2.75) is 12.5 Å².